The monoisotopic (exact) mass is 272 g/mol. The molecule has 0 saturated carbocycles. The Morgan fingerprint density at radius 3 is 2.61 bits per heavy atom. The van der Waals surface area contributed by atoms with Crippen LogP contribution < -0.4 is 4.83 Å². The van der Waals surface area contributed by atoms with Crippen LogP contribution >= 0.6 is 0 Å². The van der Waals surface area contributed by atoms with Gasteiger partial charge in [0, 0.05) is 19.7 Å². The lowest BCUT2D eigenvalue weighted by atomic mass is 10.2. The van der Waals surface area contributed by atoms with Gasteiger partial charge in [0.15, 0.2) is 0 Å². The van der Waals surface area contributed by atoms with E-state index >= 15 is 0 Å². The molecule has 7 heteroatoms. The van der Waals surface area contributed by atoms with E-state index in [9.17, 15) is 12.8 Å². The van der Waals surface area contributed by atoms with E-state index in [0.29, 0.717) is 5.56 Å². The number of rotatable bonds is 3. The fourth-order valence-electron chi connectivity index (χ4n) is 1.23. The Balaban J connectivity index is 3.13. The van der Waals surface area contributed by atoms with Crippen LogP contribution in [-0.2, 0) is 10.0 Å². The number of aliphatic hydroxyl groups excluding tert-OH is 1. The number of benzene rings is 1. The van der Waals surface area contributed by atoms with Crippen molar-refractivity contribution >= 4 is 10.0 Å². The first kappa shape index (κ1) is 14.6. The van der Waals surface area contributed by atoms with Gasteiger partial charge >= 0.3 is 0 Å². The van der Waals surface area contributed by atoms with Gasteiger partial charge in [0.05, 0.1) is 0 Å². The van der Waals surface area contributed by atoms with Gasteiger partial charge in [0.1, 0.15) is 17.3 Å². The number of nitrogens with one attached hydrogen (secondary N) is 1. The van der Waals surface area contributed by atoms with Crippen molar-refractivity contribution in [3.8, 4) is 11.8 Å². The van der Waals surface area contributed by atoms with Gasteiger partial charge in [-0.1, -0.05) is 11.8 Å². The second kappa shape index (κ2) is 5.93. The maximum absolute atomic E-state index is 13.7. The van der Waals surface area contributed by atoms with Gasteiger partial charge in [0.2, 0.25) is 0 Å². The smallest absolute Gasteiger partial charge is 0.256 e. The van der Waals surface area contributed by atoms with Gasteiger partial charge in [-0.15, -0.1) is 4.83 Å². The van der Waals surface area contributed by atoms with E-state index in [1.54, 1.807) is 0 Å². The lowest BCUT2D eigenvalue weighted by molar-refractivity contribution is 0.350. The van der Waals surface area contributed by atoms with E-state index in [4.69, 9.17) is 5.11 Å². The number of hydrazine groups is 1. The highest BCUT2D eigenvalue weighted by molar-refractivity contribution is 7.89. The fraction of sp³-hybridized carbons (Fsp3) is 0.273. The summed E-state index contributed by atoms with van der Waals surface area (Å²) < 4.78 is 37.1. The maximum Gasteiger partial charge on any atom is 0.256 e. The minimum atomic E-state index is -3.92. The zero-order valence-corrected chi connectivity index (χ0v) is 10.8. The predicted molar refractivity (Wildman–Crippen MR) is 64.4 cm³/mol. The van der Waals surface area contributed by atoms with E-state index in [1.807, 2.05) is 0 Å². The van der Waals surface area contributed by atoms with Gasteiger partial charge in [-0.2, -0.15) is 0 Å². The molecule has 18 heavy (non-hydrogen) atoms. The standard InChI is InChI=1S/C11H13FN2O3S/c1-14(2)13-18(16,17)11-6-5-9(4-3-7-15)8-10(11)12/h5-6,8,13,15H,7H2,1-2H3. The molecule has 1 aromatic rings. The Morgan fingerprint density at radius 2 is 2.11 bits per heavy atom. The summed E-state index contributed by atoms with van der Waals surface area (Å²) in [5, 5.41) is 9.70. The SMILES string of the molecule is CN(C)NS(=O)(=O)c1ccc(C#CCO)cc1F. The molecule has 98 valence electrons. The predicted octanol–water partition coefficient (Wildman–Crippen LogP) is -0.0756. The van der Waals surface area contributed by atoms with Crippen LogP contribution in [0.2, 0.25) is 0 Å². The number of sulfonamides is 1. The first-order valence-corrected chi connectivity index (χ1v) is 6.44. The van der Waals surface area contributed by atoms with E-state index in [-0.39, 0.29) is 6.61 Å². The highest BCUT2D eigenvalue weighted by Crippen LogP contribution is 2.15. The van der Waals surface area contributed by atoms with E-state index in [0.717, 1.165) is 12.1 Å². The third-order valence-corrected chi connectivity index (χ3v) is 3.35. The Labute approximate surface area is 105 Å². The maximum atomic E-state index is 13.7. The normalized spacial score (nSPS) is 11.2. The van der Waals surface area contributed by atoms with Crippen molar-refractivity contribution in [3.63, 3.8) is 0 Å². The highest BCUT2D eigenvalue weighted by Gasteiger charge is 2.19. The lowest BCUT2D eigenvalue weighted by Gasteiger charge is -2.12. The Hall–Kier alpha value is -1.46. The highest BCUT2D eigenvalue weighted by atomic mass is 32.2. The number of hydrogen-bond donors (Lipinski definition) is 2. The second-order valence-corrected chi connectivity index (χ2v) is 5.22. The molecule has 0 aromatic heterocycles. The summed E-state index contributed by atoms with van der Waals surface area (Å²) in [7, 11) is -0.959. The number of nitrogens with zero attached hydrogens (tertiary/aromatic N) is 1. The molecule has 0 aliphatic rings. The minimum Gasteiger partial charge on any atom is -0.384 e. The Bertz CT molecular complexity index is 588. The van der Waals surface area contributed by atoms with Crippen LogP contribution in [0, 0.1) is 17.7 Å². The molecule has 0 aliphatic heterocycles. The van der Waals surface area contributed by atoms with Gasteiger partial charge < -0.3 is 5.11 Å². The first-order valence-electron chi connectivity index (χ1n) is 4.96. The topological polar surface area (TPSA) is 69.6 Å². The van der Waals surface area contributed by atoms with Crippen molar-refractivity contribution in [1.82, 2.24) is 9.84 Å². The molecule has 0 saturated heterocycles. The third-order valence-electron chi connectivity index (χ3n) is 1.84. The van der Waals surface area contributed by atoms with Crippen molar-refractivity contribution in [2.24, 2.45) is 0 Å². The van der Waals surface area contributed by atoms with E-state index in [1.165, 1.54) is 25.2 Å². The molecule has 0 radical (unpaired) electrons. The lowest BCUT2D eigenvalue weighted by Crippen LogP contribution is -2.36. The summed E-state index contributed by atoms with van der Waals surface area (Å²) in [5.41, 5.74) is 0.297. The Morgan fingerprint density at radius 1 is 1.44 bits per heavy atom. The molecule has 0 spiro atoms. The summed E-state index contributed by atoms with van der Waals surface area (Å²) in [6.45, 7) is -0.343. The molecule has 0 fully saturated rings. The molecule has 0 heterocycles. The Kier molecular flexibility index (Phi) is 4.81. The number of halogens is 1. The van der Waals surface area contributed by atoms with Crippen LogP contribution in [0.1, 0.15) is 5.56 Å². The summed E-state index contributed by atoms with van der Waals surface area (Å²) in [4.78, 5) is 1.68. The molecular formula is C11H13FN2O3S. The van der Waals surface area contributed by atoms with Crippen molar-refractivity contribution < 1.29 is 17.9 Å². The molecule has 0 aliphatic carbocycles. The van der Waals surface area contributed by atoms with Gasteiger partial charge in [-0.3, -0.25) is 0 Å². The van der Waals surface area contributed by atoms with E-state index < -0.39 is 20.7 Å². The van der Waals surface area contributed by atoms with Crippen molar-refractivity contribution in [2.75, 3.05) is 20.7 Å². The van der Waals surface area contributed by atoms with E-state index in [2.05, 4.69) is 16.7 Å². The van der Waals surface area contributed by atoms with Crippen LogP contribution in [0.4, 0.5) is 4.39 Å². The molecule has 5 nitrogen and oxygen atoms in total. The first-order chi connectivity index (χ1) is 8.36. The largest absolute Gasteiger partial charge is 0.384 e. The molecule has 0 atom stereocenters. The molecule has 1 rings (SSSR count). The minimum absolute atomic E-state index is 0.297. The average Bonchev–Trinajstić information content (AvgIpc) is 2.24. The number of hydrogen-bond acceptors (Lipinski definition) is 4. The van der Waals surface area contributed by atoms with Crippen molar-refractivity contribution in [1.29, 1.82) is 0 Å². The van der Waals surface area contributed by atoms with Crippen molar-refractivity contribution in [2.45, 2.75) is 4.90 Å². The number of aliphatic hydroxyl groups is 1. The molecular weight excluding hydrogens is 259 g/mol. The van der Waals surface area contributed by atoms with Crippen LogP contribution in [0.5, 0.6) is 0 Å². The fourth-order valence-corrected chi connectivity index (χ4v) is 2.37. The summed E-state index contributed by atoms with van der Waals surface area (Å²) in [5.74, 6) is 3.94. The molecule has 0 amide bonds. The quantitative estimate of drug-likeness (QED) is 0.597. The third kappa shape index (κ3) is 3.78. The summed E-state index contributed by atoms with van der Waals surface area (Å²) in [6, 6.07) is 3.51. The van der Waals surface area contributed by atoms with Crippen LogP contribution in [-0.4, -0.2) is 39.2 Å². The summed E-state index contributed by atoms with van der Waals surface area (Å²) >= 11 is 0. The van der Waals surface area contributed by atoms with Gasteiger partial charge in [-0.25, -0.2) is 17.8 Å². The molecule has 0 unspecified atom stereocenters. The van der Waals surface area contributed by atoms with Gasteiger partial charge in [0.25, 0.3) is 10.0 Å². The molecule has 2 N–H and O–H groups in total. The zero-order chi connectivity index (χ0) is 13.8. The van der Waals surface area contributed by atoms with Crippen LogP contribution in [0.25, 0.3) is 0 Å². The van der Waals surface area contributed by atoms with Crippen LogP contribution in [0.3, 0.4) is 0 Å². The molecule has 0 bridgehead atoms. The van der Waals surface area contributed by atoms with Gasteiger partial charge in [-0.05, 0) is 18.2 Å². The second-order valence-electron chi connectivity index (χ2n) is 3.59. The van der Waals surface area contributed by atoms with Crippen molar-refractivity contribution in [3.05, 3.63) is 29.6 Å². The van der Waals surface area contributed by atoms with Crippen LogP contribution in [0.15, 0.2) is 23.1 Å². The average molecular weight is 272 g/mol. The summed E-state index contributed by atoms with van der Waals surface area (Å²) in [6.07, 6.45) is 0. The zero-order valence-electron chi connectivity index (χ0n) is 9.94. The molecule has 1 aromatic carbocycles.